The molecule has 2 nitrogen and oxygen atoms in total. The van der Waals surface area contributed by atoms with Crippen LogP contribution in [0.2, 0.25) is 0 Å². The van der Waals surface area contributed by atoms with Crippen LogP contribution in [0.1, 0.15) is 5.56 Å². The van der Waals surface area contributed by atoms with Crippen molar-refractivity contribution in [2.45, 2.75) is 6.42 Å². The summed E-state index contributed by atoms with van der Waals surface area (Å²) in [6, 6.07) is 15.5. The summed E-state index contributed by atoms with van der Waals surface area (Å²) in [5.74, 6) is -0.380. The minimum atomic E-state index is -0.317. The third-order valence-corrected chi connectivity index (χ3v) is 2.76. The SMILES string of the molecule is CN(C(=O)Cc1cccc(F)c1)c1ccccc1. The lowest BCUT2D eigenvalue weighted by molar-refractivity contribution is -0.117. The van der Waals surface area contributed by atoms with Crippen molar-refractivity contribution in [3.63, 3.8) is 0 Å². The molecule has 0 aromatic heterocycles. The van der Waals surface area contributed by atoms with Gasteiger partial charge >= 0.3 is 0 Å². The van der Waals surface area contributed by atoms with Gasteiger partial charge in [-0.05, 0) is 29.8 Å². The van der Waals surface area contributed by atoms with Gasteiger partial charge in [0.25, 0.3) is 0 Å². The Balaban J connectivity index is 2.09. The summed E-state index contributed by atoms with van der Waals surface area (Å²) < 4.78 is 13.0. The zero-order chi connectivity index (χ0) is 13.0. The van der Waals surface area contributed by atoms with Crippen LogP contribution >= 0.6 is 0 Å². The molecule has 0 saturated carbocycles. The van der Waals surface area contributed by atoms with Crippen LogP contribution in [0.15, 0.2) is 54.6 Å². The zero-order valence-corrected chi connectivity index (χ0v) is 10.1. The molecule has 0 radical (unpaired) electrons. The van der Waals surface area contributed by atoms with Crippen molar-refractivity contribution in [1.82, 2.24) is 0 Å². The van der Waals surface area contributed by atoms with E-state index in [1.54, 1.807) is 24.1 Å². The van der Waals surface area contributed by atoms with E-state index >= 15 is 0 Å². The highest BCUT2D eigenvalue weighted by atomic mass is 19.1. The Labute approximate surface area is 106 Å². The summed E-state index contributed by atoms with van der Waals surface area (Å²) in [6.07, 6.45) is 0.198. The average Bonchev–Trinajstić information content (AvgIpc) is 2.39. The highest BCUT2D eigenvalue weighted by Gasteiger charge is 2.11. The van der Waals surface area contributed by atoms with Gasteiger partial charge in [-0.15, -0.1) is 0 Å². The van der Waals surface area contributed by atoms with Crippen LogP contribution < -0.4 is 4.90 Å². The minimum absolute atomic E-state index is 0.0631. The number of anilines is 1. The summed E-state index contributed by atoms with van der Waals surface area (Å²) in [5, 5.41) is 0. The maximum Gasteiger partial charge on any atom is 0.231 e. The van der Waals surface area contributed by atoms with Crippen LogP contribution in [0, 0.1) is 5.82 Å². The predicted molar refractivity (Wildman–Crippen MR) is 70.0 cm³/mol. The maximum atomic E-state index is 13.0. The van der Waals surface area contributed by atoms with Gasteiger partial charge in [0.2, 0.25) is 5.91 Å². The molecule has 0 unspecified atom stereocenters. The number of carbonyl (C=O) groups is 1. The number of para-hydroxylation sites is 1. The maximum absolute atomic E-state index is 13.0. The van der Waals surface area contributed by atoms with E-state index < -0.39 is 0 Å². The fraction of sp³-hybridized carbons (Fsp3) is 0.133. The van der Waals surface area contributed by atoms with Gasteiger partial charge in [-0.1, -0.05) is 30.3 Å². The van der Waals surface area contributed by atoms with Crippen LogP contribution in [-0.2, 0) is 11.2 Å². The summed E-state index contributed by atoms with van der Waals surface area (Å²) in [4.78, 5) is 13.6. The van der Waals surface area contributed by atoms with Gasteiger partial charge in [-0.3, -0.25) is 4.79 Å². The lowest BCUT2D eigenvalue weighted by atomic mass is 10.1. The van der Waals surface area contributed by atoms with E-state index in [0.717, 1.165) is 5.69 Å². The van der Waals surface area contributed by atoms with Crippen molar-refractivity contribution in [3.05, 3.63) is 66.0 Å². The first-order chi connectivity index (χ1) is 8.66. The summed E-state index contributed by atoms with van der Waals surface area (Å²) in [7, 11) is 1.72. The Hall–Kier alpha value is -2.16. The number of halogens is 1. The van der Waals surface area contributed by atoms with Gasteiger partial charge in [0, 0.05) is 12.7 Å². The zero-order valence-electron chi connectivity index (χ0n) is 10.1. The molecule has 0 spiro atoms. The number of hydrogen-bond acceptors (Lipinski definition) is 1. The molecule has 1 amide bonds. The van der Waals surface area contributed by atoms with Gasteiger partial charge in [0.15, 0.2) is 0 Å². The monoisotopic (exact) mass is 243 g/mol. The largest absolute Gasteiger partial charge is 0.315 e. The van der Waals surface area contributed by atoms with Crippen molar-refractivity contribution in [2.75, 3.05) is 11.9 Å². The first-order valence-corrected chi connectivity index (χ1v) is 5.73. The number of likely N-dealkylation sites (N-methyl/N-ethyl adjacent to an activating group) is 1. The second-order valence-electron chi connectivity index (χ2n) is 4.10. The van der Waals surface area contributed by atoms with E-state index in [4.69, 9.17) is 0 Å². The molecule has 18 heavy (non-hydrogen) atoms. The number of hydrogen-bond donors (Lipinski definition) is 0. The fourth-order valence-electron chi connectivity index (χ4n) is 1.74. The molecule has 0 aliphatic carbocycles. The minimum Gasteiger partial charge on any atom is -0.315 e. The molecule has 0 aliphatic rings. The number of amides is 1. The molecule has 2 aromatic carbocycles. The summed E-state index contributed by atoms with van der Waals surface area (Å²) in [6.45, 7) is 0. The molecular weight excluding hydrogens is 229 g/mol. The molecule has 0 aliphatic heterocycles. The average molecular weight is 243 g/mol. The molecule has 2 rings (SSSR count). The second kappa shape index (κ2) is 5.45. The molecule has 0 atom stereocenters. The van der Waals surface area contributed by atoms with Gasteiger partial charge in [-0.2, -0.15) is 0 Å². The molecular formula is C15H14FNO. The Morgan fingerprint density at radius 1 is 1.11 bits per heavy atom. The molecule has 0 N–H and O–H groups in total. The topological polar surface area (TPSA) is 20.3 Å². The summed E-state index contributed by atoms with van der Waals surface area (Å²) >= 11 is 0. The molecule has 0 bridgehead atoms. The molecule has 0 fully saturated rings. The van der Waals surface area contributed by atoms with Gasteiger partial charge in [0.1, 0.15) is 5.82 Å². The first kappa shape index (κ1) is 12.3. The molecule has 3 heteroatoms. The van der Waals surface area contributed by atoms with Gasteiger partial charge in [-0.25, -0.2) is 4.39 Å². The van der Waals surface area contributed by atoms with E-state index in [1.807, 2.05) is 30.3 Å². The van der Waals surface area contributed by atoms with Crippen LogP contribution in [0.4, 0.5) is 10.1 Å². The van der Waals surface area contributed by atoms with Gasteiger partial charge < -0.3 is 4.90 Å². The number of nitrogens with zero attached hydrogens (tertiary/aromatic N) is 1. The third-order valence-electron chi connectivity index (χ3n) is 2.76. The van der Waals surface area contributed by atoms with E-state index in [-0.39, 0.29) is 18.1 Å². The second-order valence-corrected chi connectivity index (χ2v) is 4.10. The van der Waals surface area contributed by atoms with Crippen LogP contribution in [-0.4, -0.2) is 13.0 Å². The predicted octanol–water partition coefficient (Wildman–Crippen LogP) is 3.03. The Bertz CT molecular complexity index is 539. The Morgan fingerprint density at radius 2 is 1.83 bits per heavy atom. The molecule has 0 saturated heterocycles. The molecule has 0 heterocycles. The highest BCUT2D eigenvalue weighted by Crippen LogP contribution is 2.13. The highest BCUT2D eigenvalue weighted by molar-refractivity contribution is 5.94. The summed E-state index contributed by atoms with van der Waals surface area (Å²) in [5.41, 5.74) is 1.52. The lowest BCUT2D eigenvalue weighted by Gasteiger charge is -2.17. The van der Waals surface area contributed by atoms with Crippen molar-refractivity contribution < 1.29 is 9.18 Å². The van der Waals surface area contributed by atoms with Crippen molar-refractivity contribution >= 4 is 11.6 Å². The van der Waals surface area contributed by atoms with E-state index in [0.29, 0.717) is 5.56 Å². The van der Waals surface area contributed by atoms with Crippen LogP contribution in [0.5, 0.6) is 0 Å². The van der Waals surface area contributed by atoms with Crippen molar-refractivity contribution in [3.8, 4) is 0 Å². The molecule has 92 valence electrons. The number of rotatable bonds is 3. The number of benzene rings is 2. The fourth-order valence-corrected chi connectivity index (χ4v) is 1.74. The Morgan fingerprint density at radius 3 is 2.50 bits per heavy atom. The van der Waals surface area contributed by atoms with E-state index in [2.05, 4.69) is 0 Å². The van der Waals surface area contributed by atoms with E-state index in [9.17, 15) is 9.18 Å². The third kappa shape index (κ3) is 2.94. The number of carbonyl (C=O) groups excluding carboxylic acids is 1. The van der Waals surface area contributed by atoms with E-state index in [1.165, 1.54) is 12.1 Å². The van der Waals surface area contributed by atoms with Crippen LogP contribution in [0.3, 0.4) is 0 Å². The standard InChI is InChI=1S/C15H14FNO/c1-17(14-8-3-2-4-9-14)15(18)11-12-6-5-7-13(16)10-12/h2-10H,11H2,1H3. The molecule has 2 aromatic rings. The van der Waals surface area contributed by atoms with Crippen molar-refractivity contribution in [1.29, 1.82) is 0 Å². The first-order valence-electron chi connectivity index (χ1n) is 5.73. The quantitative estimate of drug-likeness (QED) is 0.811. The van der Waals surface area contributed by atoms with Crippen LogP contribution in [0.25, 0.3) is 0 Å². The smallest absolute Gasteiger partial charge is 0.231 e. The lowest BCUT2D eigenvalue weighted by Crippen LogP contribution is -2.27. The normalized spacial score (nSPS) is 10.1. The van der Waals surface area contributed by atoms with Gasteiger partial charge in [0.05, 0.1) is 6.42 Å². The Kier molecular flexibility index (Phi) is 3.72. The van der Waals surface area contributed by atoms with Crippen molar-refractivity contribution in [2.24, 2.45) is 0 Å².